The summed E-state index contributed by atoms with van der Waals surface area (Å²) in [6.07, 6.45) is 6.17. The van der Waals surface area contributed by atoms with Gasteiger partial charge < -0.3 is 4.52 Å². The second-order valence-electron chi connectivity index (χ2n) is 5.32. The highest BCUT2D eigenvalue weighted by Crippen LogP contribution is 2.29. The van der Waals surface area contributed by atoms with Crippen molar-refractivity contribution in [3.8, 4) is 6.07 Å². The van der Waals surface area contributed by atoms with Gasteiger partial charge in [-0.25, -0.2) is 0 Å². The van der Waals surface area contributed by atoms with Crippen LogP contribution in [-0.4, -0.2) is 15.1 Å². The van der Waals surface area contributed by atoms with Crippen LogP contribution < -0.4 is 0 Å². The van der Waals surface area contributed by atoms with E-state index >= 15 is 0 Å². The van der Waals surface area contributed by atoms with Gasteiger partial charge in [0.2, 0.25) is 5.89 Å². The third-order valence-corrected chi connectivity index (χ3v) is 3.53. The predicted molar refractivity (Wildman–Crippen MR) is 73.7 cm³/mol. The molecule has 2 rings (SSSR count). The maximum absolute atomic E-state index is 8.89. The first-order valence-corrected chi connectivity index (χ1v) is 6.72. The number of hydrogen-bond acceptors (Lipinski definition) is 5. The summed E-state index contributed by atoms with van der Waals surface area (Å²) < 4.78 is 5.29. The molecular formula is C15H18N4O. The lowest BCUT2D eigenvalue weighted by Crippen LogP contribution is -2.18. The molecule has 1 unspecified atom stereocenters. The quantitative estimate of drug-likeness (QED) is 0.806. The first-order valence-electron chi connectivity index (χ1n) is 6.72. The largest absolute Gasteiger partial charge is 0.339 e. The monoisotopic (exact) mass is 270 g/mol. The second kappa shape index (κ2) is 6.29. The van der Waals surface area contributed by atoms with E-state index in [-0.39, 0.29) is 5.41 Å². The van der Waals surface area contributed by atoms with Gasteiger partial charge in [-0.05, 0) is 23.5 Å². The molecule has 5 heteroatoms. The molecule has 0 amide bonds. The molecule has 0 bridgehead atoms. The van der Waals surface area contributed by atoms with Crippen LogP contribution in [0.25, 0.3) is 0 Å². The fourth-order valence-electron chi connectivity index (χ4n) is 1.99. The van der Waals surface area contributed by atoms with Crippen molar-refractivity contribution >= 4 is 0 Å². The maximum Gasteiger partial charge on any atom is 0.227 e. The topological polar surface area (TPSA) is 75.6 Å². The molecule has 5 nitrogen and oxygen atoms in total. The summed E-state index contributed by atoms with van der Waals surface area (Å²) in [6.45, 7) is 4.14. The highest BCUT2D eigenvalue weighted by Gasteiger charge is 2.25. The van der Waals surface area contributed by atoms with Crippen LogP contribution in [0.3, 0.4) is 0 Å². The van der Waals surface area contributed by atoms with E-state index in [9.17, 15) is 0 Å². The summed E-state index contributed by atoms with van der Waals surface area (Å²) in [7, 11) is 0. The van der Waals surface area contributed by atoms with E-state index < -0.39 is 0 Å². The Morgan fingerprint density at radius 3 is 2.95 bits per heavy atom. The van der Waals surface area contributed by atoms with E-state index in [4.69, 9.17) is 9.78 Å². The molecule has 2 aromatic rings. The van der Waals surface area contributed by atoms with E-state index in [1.165, 1.54) is 0 Å². The molecule has 0 saturated carbocycles. The molecule has 0 radical (unpaired) electrons. The molecular weight excluding hydrogens is 252 g/mol. The second-order valence-corrected chi connectivity index (χ2v) is 5.32. The third kappa shape index (κ3) is 3.64. The Morgan fingerprint density at radius 1 is 1.45 bits per heavy atom. The standard InChI is InChI=1S/C15H18N4O/c1-3-15(2,6-7-16)10-14-18-13(19-20-14)9-12-5-4-8-17-11-12/h4-5,8,11H,3,6,9-10H2,1-2H3. The average molecular weight is 270 g/mol. The van der Waals surface area contributed by atoms with Gasteiger partial charge in [0, 0.05) is 31.7 Å². The number of rotatable bonds is 6. The van der Waals surface area contributed by atoms with Gasteiger partial charge in [0.05, 0.1) is 6.07 Å². The molecule has 0 aliphatic carbocycles. The Labute approximate surface area is 118 Å². The fraction of sp³-hybridized carbons (Fsp3) is 0.467. The Kier molecular flexibility index (Phi) is 4.46. The van der Waals surface area contributed by atoms with Crippen molar-refractivity contribution in [3.63, 3.8) is 0 Å². The average Bonchev–Trinajstić information content (AvgIpc) is 2.87. The van der Waals surface area contributed by atoms with Crippen LogP contribution >= 0.6 is 0 Å². The minimum absolute atomic E-state index is 0.104. The van der Waals surface area contributed by atoms with E-state index in [0.717, 1.165) is 12.0 Å². The first-order chi connectivity index (χ1) is 9.65. The Hall–Kier alpha value is -2.22. The highest BCUT2D eigenvalue weighted by atomic mass is 16.5. The maximum atomic E-state index is 8.89. The van der Waals surface area contributed by atoms with Crippen LogP contribution in [0.4, 0.5) is 0 Å². The number of pyridine rings is 1. The smallest absolute Gasteiger partial charge is 0.227 e. The van der Waals surface area contributed by atoms with Crippen LogP contribution in [0.2, 0.25) is 0 Å². The molecule has 104 valence electrons. The molecule has 0 aromatic carbocycles. The van der Waals surface area contributed by atoms with E-state index in [1.807, 2.05) is 12.1 Å². The van der Waals surface area contributed by atoms with Gasteiger partial charge in [-0.15, -0.1) is 0 Å². The Morgan fingerprint density at radius 2 is 2.30 bits per heavy atom. The van der Waals surface area contributed by atoms with Crippen LogP contribution in [0.5, 0.6) is 0 Å². The molecule has 0 saturated heterocycles. The molecule has 2 heterocycles. The zero-order valence-electron chi connectivity index (χ0n) is 11.8. The lowest BCUT2D eigenvalue weighted by Gasteiger charge is -2.22. The molecule has 20 heavy (non-hydrogen) atoms. The molecule has 1 atom stereocenters. The minimum atomic E-state index is -0.104. The van der Waals surface area contributed by atoms with E-state index in [1.54, 1.807) is 12.4 Å². The van der Waals surface area contributed by atoms with Crippen LogP contribution in [0.1, 0.15) is 44.0 Å². The SMILES string of the molecule is CCC(C)(CC#N)Cc1nc(Cc2cccnc2)no1. The molecule has 0 N–H and O–H groups in total. The predicted octanol–water partition coefficient (Wildman–Crippen LogP) is 2.93. The fourth-order valence-corrected chi connectivity index (χ4v) is 1.99. The first kappa shape index (κ1) is 14.2. The van der Waals surface area contributed by atoms with Gasteiger partial charge in [-0.1, -0.05) is 25.1 Å². The van der Waals surface area contributed by atoms with E-state index in [0.29, 0.717) is 31.0 Å². The van der Waals surface area contributed by atoms with Crippen molar-refractivity contribution in [1.82, 2.24) is 15.1 Å². The summed E-state index contributed by atoms with van der Waals surface area (Å²) in [4.78, 5) is 8.47. The molecule has 0 fully saturated rings. The summed E-state index contributed by atoms with van der Waals surface area (Å²) in [6, 6.07) is 6.10. The molecule has 0 aliphatic heterocycles. The van der Waals surface area contributed by atoms with Gasteiger partial charge in [0.1, 0.15) is 0 Å². The van der Waals surface area contributed by atoms with Crippen LogP contribution in [0.15, 0.2) is 29.0 Å². The highest BCUT2D eigenvalue weighted by molar-refractivity contribution is 5.13. The zero-order chi connectivity index (χ0) is 14.4. The summed E-state index contributed by atoms with van der Waals surface area (Å²) >= 11 is 0. The third-order valence-electron chi connectivity index (χ3n) is 3.53. The Bertz CT molecular complexity index is 587. The molecule has 2 aromatic heterocycles. The zero-order valence-corrected chi connectivity index (χ0v) is 11.8. The lowest BCUT2D eigenvalue weighted by molar-refractivity contribution is 0.265. The summed E-state index contributed by atoms with van der Waals surface area (Å²) in [5, 5.41) is 12.9. The number of hydrogen-bond donors (Lipinski definition) is 0. The number of nitriles is 1. The van der Waals surface area contributed by atoms with Gasteiger partial charge in [0.15, 0.2) is 5.82 Å². The van der Waals surface area contributed by atoms with Crippen LogP contribution in [-0.2, 0) is 12.8 Å². The van der Waals surface area contributed by atoms with Crippen molar-refractivity contribution < 1.29 is 4.52 Å². The molecule has 0 spiro atoms. The van der Waals surface area contributed by atoms with Crippen molar-refractivity contribution in [3.05, 3.63) is 41.8 Å². The molecule has 0 aliphatic rings. The van der Waals surface area contributed by atoms with Crippen molar-refractivity contribution in [2.45, 2.75) is 39.5 Å². The minimum Gasteiger partial charge on any atom is -0.339 e. The van der Waals surface area contributed by atoms with E-state index in [2.05, 4.69) is 35.0 Å². The van der Waals surface area contributed by atoms with Gasteiger partial charge in [-0.3, -0.25) is 4.98 Å². The summed E-state index contributed by atoms with van der Waals surface area (Å²) in [5.74, 6) is 1.26. The van der Waals surface area contributed by atoms with Crippen LogP contribution in [0, 0.1) is 16.7 Å². The van der Waals surface area contributed by atoms with Crippen molar-refractivity contribution in [2.24, 2.45) is 5.41 Å². The number of aromatic nitrogens is 3. The van der Waals surface area contributed by atoms with Gasteiger partial charge in [0.25, 0.3) is 0 Å². The summed E-state index contributed by atoms with van der Waals surface area (Å²) in [5.41, 5.74) is 0.947. The van der Waals surface area contributed by atoms with Crippen molar-refractivity contribution in [2.75, 3.05) is 0 Å². The van der Waals surface area contributed by atoms with Gasteiger partial charge >= 0.3 is 0 Å². The Balaban J connectivity index is 2.04. The van der Waals surface area contributed by atoms with Gasteiger partial charge in [-0.2, -0.15) is 10.2 Å². The normalized spacial score (nSPS) is 13.7. The van der Waals surface area contributed by atoms with Crippen molar-refractivity contribution in [1.29, 1.82) is 5.26 Å². The number of nitrogens with zero attached hydrogens (tertiary/aromatic N) is 4. The lowest BCUT2D eigenvalue weighted by atomic mass is 9.81.